The van der Waals surface area contributed by atoms with Crippen molar-refractivity contribution in [3.8, 4) is 0 Å². The number of allylic oxidation sites excluding steroid dienone is 6. The smallest absolute Gasteiger partial charge is 0.249 e. The molecule has 8 N–H and O–H groups in total. The highest BCUT2D eigenvalue weighted by Gasteiger charge is 2.44. The number of nitrogens with one attached hydrogen (secondary N) is 1. The lowest BCUT2D eigenvalue weighted by Crippen LogP contribution is -2.60. The van der Waals surface area contributed by atoms with Crippen molar-refractivity contribution in [3.05, 3.63) is 36.5 Å². The van der Waals surface area contributed by atoms with E-state index in [9.17, 15) is 40.5 Å². The fourth-order valence-corrected chi connectivity index (χ4v) is 5.71. The van der Waals surface area contributed by atoms with Crippen LogP contribution in [0.15, 0.2) is 36.5 Å². The Morgan fingerprint density at radius 3 is 1.84 bits per heavy atom. The summed E-state index contributed by atoms with van der Waals surface area (Å²) in [6.07, 6.45) is 17.9. The molecule has 9 unspecified atom stereocenters. The molecule has 49 heavy (non-hydrogen) atoms. The van der Waals surface area contributed by atoms with Gasteiger partial charge in [-0.15, -0.1) is 0 Å². The van der Waals surface area contributed by atoms with Crippen LogP contribution in [0, 0.1) is 0 Å². The van der Waals surface area contributed by atoms with E-state index in [0.29, 0.717) is 19.3 Å². The Labute approximate surface area is 295 Å². The number of ether oxygens (including phenoxy) is 2. The Morgan fingerprint density at radius 2 is 1.27 bits per heavy atom. The van der Waals surface area contributed by atoms with Crippen LogP contribution in [0.3, 0.4) is 0 Å². The van der Waals surface area contributed by atoms with Crippen molar-refractivity contribution in [1.82, 2.24) is 5.32 Å². The zero-order valence-electron chi connectivity index (χ0n) is 30.2. The van der Waals surface area contributed by atoms with Gasteiger partial charge in [-0.25, -0.2) is 0 Å². The summed E-state index contributed by atoms with van der Waals surface area (Å²) >= 11 is 0. The van der Waals surface area contributed by atoms with Crippen LogP contribution in [0.4, 0.5) is 0 Å². The monoisotopic (exact) mass is 699 g/mol. The topological polar surface area (TPSA) is 189 Å². The molecule has 1 aliphatic rings. The maximum atomic E-state index is 12.9. The summed E-state index contributed by atoms with van der Waals surface area (Å²) in [5.74, 6) is -0.720. The summed E-state index contributed by atoms with van der Waals surface area (Å²) in [6.45, 7) is 3.23. The third-order valence-corrected chi connectivity index (χ3v) is 8.91. The molecule has 1 saturated heterocycles. The Kier molecular flexibility index (Phi) is 26.8. The number of hydrogen-bond donors (Lipinski definition) is 8. The minimum Gasteiger partial charge on any atom is -0.394 e. The van der Waals surface area contributed by atoms with Crippen LogP contribution < -0.4 is 5.32 Å². The van der Waals surface area contributed by atoms with Gasteiger partial charge in [0.1, 0.15) is 36.6 Å². The molecule has 1 rings (SSSR count). The first-order valence-corrected chi connectivity index (χ1v) is 18.9. The molecular formula is C38H69NO10. The van der Waals surface area contributed by atoms with Crippen molar-refractivity contribution < 1.29 is 50.0 Å². The number of carbonyl (C=O) groups is 1. The van der Waals surface area contributed by atoms with Gasteiger partial charge in [0.25, 0.3) is 0 Å². The molecule has 0 aromatic heterocycles. The fourth-order valence-electron chi connectivity index (χ4n) is 5.71. The van der Waals surface area contributed by atoms with Gasteiger partial charge in [-0.3, -0.25) is 4.79 Å². The molecule has 11 nitrogen and oxygen atoms in total. The summed E-state index contributed by atoms with van der Waals surface area (Å²) in [6, 6.07) is -1.19. The second-order valence-corrected chi connectivity index (χ2v) is 13.2. The minimum absolute atomic E-state index is 0.240. The average Bonchev–Trinajstić information content (AvgIpc) is 3.10. The molecule has 0 radical (unpaired) electrons. The van der Waals surface area contributed by atoms with Gasteiger partial charge >= 0.3 is 0 Å². The van der Waals surface area contributed by atoms with E-state index in [1.54, 1.807) is 0 Å². The second kappa shape index (κ2) is 29.0. The Morgan fingerprint density at radius 1 is 0.714 bits per heavy atom. The highest BCUT2D eigenvalue weighted by Crippen LogP contribution is 2.23. The van der Waals surface area contributed by atoms with Gasteiger partial charge in [0, 0.05) is 0 Å². The standard InChI is InChI=1S/C38H69NO10/c1-3-5-7-9-11-13-14-15-16-18-19-21-23-25-30(41)33(43)29(28-48-38-36(46)35(45)34(44)32(27-40)49-38)39-37(47)31(42)26-24-22-20-17-12-10-8-6-4-2/h5,7,13-14,18-19,29-36,38,40-46H,3-4,6,8-12,15-17,20-28H2,1-2H3,(H,39,47)/b7-5+,14-13+,19-18+. The Bertz CT molecular complexity index is 898. The predicted octanol–water partition coefficient (Wildman–Crippen LogP) is 4.10. The van der Waals surface area contributed by atoms with Gasteiger partial charge in [0.05, 0.1) is 25.4 Å². The number of hydrogen-bond acceptors (Lipinski definition) is 10. The van der Waals surface area contributed by atoms with Crippen LogP contribution >= 0.6 is 0 Å². The second-order valence-electron chi connectivity index (χ2n) is 13.2. The highest BCUT2D eigenvalue weighted by atomic mass is 16.7. The lowest BCUT2D eigenvalue weighted by Gasteiger charge is -2.40. The maximum absolute atomic E-state index is 12.9. The molecule has 0 aromatic carbocycles. The van der Waals surface area contributed by atoms with E-state index in [1.165, 1.54) is 32.1 Å². The molecule has 0 spiro atoms. The summed E-state index contributed by atoms with van der Waals surface area (Å²) in [4.78, 5) is 12.9. The van der Waals surface area contributed by atoms with Gasteiger partial charge in [0.2, 0.25) is 5.91 Å². The minimum atomic E-state index is -1.67. The lowest BCUT2D eigenvalue weighted by molar-refractivity contribution is -0.303. The van der Waals surface area contributed by atoms with Crippen LogP contribution in [0.1, 0.15) is 129 Å². The molecule has 1 aliphatic heterocycles. The molecule has 1 fully saturated rings. The van der Waals surface area contributed by atoms with Crippen molar-refractivity contribution in [2.45, 2.75) is 184 Å². The first-order valence-electron chi connectivity index (χ1n) is 18.9. The molecule has 1 heterocycles. The summed E-state index contributed by atoms with van der Waals surface area (Å²) in [5, 5.41) is 75.0. The third-order valence-electron chi connectivity index (χ3n) is 8.91. The molecule has 1 amide bonds. The van der Waals surface area contributed by atoms with E-state index in [4.69, 9.17) is 9.47 Å². The van der Waals surface area contributed by atoms with Crippen LogP contribution in [0.5, 0.6) is 0 Å². The molecular weight excluding hydrogens is 630 g/mol. The normalized spacial score (nSPS) is 24.1. The van der Waals surface area contributed by atoms with Gasteiger partial charge in [0.15, 0.2) is 6.29 Å². The summed E-state index contributed by atoms with van der Waals surface area (Å²) in [5.41, 5.74) is 0. The first-order chi connectivity index (χ1) is 23.7. The van der Waals surface area contributed by atoms with E-state index in [2.05, 4.69) is 49.5 Å². The van der Waals surface area contributed by atoms with E-state index in [0.717, 1.165) is 51.4 Å². The summed E-state index contributed by atoms with van der Waals surface area (Å²) in [7, 11) is 0. The molecule has 286 valence electrons. The largest absolute Gasteiger partial charge is 0.394 e. The number of aliphatic hydroxyl groups is 7. The van der Waals surface area contributed by atoms with Crippen LogP contribution in [0.2, 0.25) is 0 Å². The van der Waals surface area contributed by atoms with Gasteiger partial charge in [-0.2, -0.15) is 0 Å². The zero-order valence-corrected chi connectivity index (χ0v) is 30.2. The molecule has 0 saturated carbocycles. The van der Waals surface area contributed by atoms with Crippen LogP contribution in [-0.4, -0.2) is 110 Å². The number of carbonyl (C=O) groups excluding carboxylic acids is 1. The van der Waals surface area contributed by atoms with Crippen molar-refractivity contribution in [1.29, 1.82) is 0 Å². The molecule has 9 atom stereocenters. The highest BCUT2D eigenvalue weighted by molar-refractivity contribution is 5.80. The van der Waals surface area contributed by atoms with Crippen molar-refractivity contribution in [2.75, 3.05) is 13.2 Å². The van der Waals surface area contributed by atoms with Crippen molar-refractivity contribution in [3.63, 3.8) is 0 Å². The van der Waals surface area contributed by atoms with Crippen LogP contribution in [0.25, 0.3) is 0 Å². The van der Waals surface area contributed by atoms with Gasteiger partial charge in [-0.1, -0.05) is 108 Å². The molecule has 11 heteroatoms. The van der Waals surface area contributed by atoms with E-state index >= 15 is 0 Å². The van der Waals surface area contributed by atoms with Crippen LogP contribution in [-0.2, 0) is 14.3 Å². The van der Waals surface area contributed by atoms with Crippen molar-refractivity contribution in [2.24, 2.45) is 0 Å². The number of unbranched alkanes of at least 4 members (excludes halogenated alkanes) is 11. The predicted molar refractivity (Wildman–Crippen MR) is 192 cm³/mol. The Hall–Kier alpha value is -1.67. The average molecular weight is 700 g/mol. The van der Waals surface area contributed by atoms with E-state index in [1.807, 2.05) is 6.08 Å². The number of amides is 1. The quantitative estimate of drug-likeness (QED) is 0.0417. The maximum Gasteiger partial charge on any atom is 0.249 e. The number of rotatable bonds is 29. The first kappa shape index (κ1) is 45.4. The Balaban J connectivity index is 2.63. The molecule has 0 bridgehead atoms. The lowest BCUT2D eigenvalue weighted by atomic mass is 9.98. The fraction of sp³-hybridized carbons (Fsp3) is 0.816. The number of aliphatic hydroxyl groups excluding tert-OH is 7. The van der Waals surface area contributed by atoms with Gasteiger partial charge < -0.3 is 50.5 Å². The molecule has 0 aliphatic carbocycles. The van der Waals surface area contributed by atoms with E-state index < -0.39 is 74.2 Å². The third kappa shape index (κ3) is 20.1. The van der Waals surface area contributed by atoms with Crippen molar-refractivity contribution >= 4 is 5.91 Å². The van der Waals surface area contributed by atoms with E-state index in [-0.39, 0.29) is 12.8 Å². The SMILES string of the molecule is CC/C=C/CC/C=C/CC/C=C/CCCC(O)C(O)C(COC1OC(CO)C(O)C(O)C1O)NC(=O)C(O)CCCCCCCCCCC. The zero-order chi connectivity index (χ0) is 36.3. The molecule has 0 aromatic rings. The van der Waals surface area contributed by atoms with Gasteiger partial charge in [-0.05, 0) is 57.8 Å². The summed E-state index contributed by atoms with van der Waals surface area (Å²) < 4.78 is 11.0.